The van der Waals surface area contributed by atoms with E-state index in [0.29, 0.717) is 28.2 Å². The van der Waals surface area contributed by atoms with Crippen LogP contribution < -0.4 is 14.8 Å². The van der Waals surface area contributed by atoms with Gasteiger partial charge in [0, 0.05) is 54.5 Å². The van der Waals surface area contributed by atoms with Crippen LogP contribution >= 0.6 is 0 Å². The molecule has 1 aliphatic rings. The van der Waals surface area contributed by atoms with Crippen molar-refractivity contribution in [1.29, 1.82) is 5.41 Å². The van der Waals surface area contributed by atoms with E-state index in [-0.39, 0.29) is 29.5 Å². The van der Waals surface area contributed by atoms with Crippen LogP contribution in [0.2, 0.25) is 0 Å². The lowest BCUT2D eigenvalue weighted by Crippen LogP contribution is -2.40. The van der Waals surface area contributed by atoms with E-state index in [1.807, 2.05) is 6.20 Å². The molecule has 10 heteroatoms. The number of likely N-dealkylation sites (tertiary alicyclic amines) is 1. The lowest BCUT2D eigenvalue weighted by Gasteiger charge is -2.31. The van der Waals surface area contributed by atoms with Crippen LogP contribution in [0, 0.1) is 17.0 Å². The molecule has 0 saturated carbocycles. The number of aromatic amines is 1. The number of ether oxygens (including phenoxy) is 2. The quantitative estimate of drug-likeness (QED) is 0.400. The first-order chi connectivity index (χ1) is 16.9. The van der Waals surface area contributed by atoms with Crippen molar-refractivity contribution in [3.05, 3.63) is 59.1 Å². The Kier molecular flexibility index (Phi) is 7.60. The Balaban J connectivity index is 1.52. The maximum Gasteiger partial charge on any atom is 0.253 e. The molecular weight excluding hydrogens is 454 g/mol. The normalized spacial score (nSPS) is 15.1. The summed E-state index contributed by atoms with van der Waals surface area (Å²) in [6, 6.07) is 2.20. The number of fused-ring (bicyclic) bond motifs is 1. The summed E-state index contributed by atoms with van der Waals surface area (Å²) in [5.74, 6) is -2.43. The number of H-pyrrole nitrogens is 1. The van der Waals surface area contributed by atoms with Gasteiger partial charge in [0.15, 0.2) is 11.6 Å². The van der Waals surface area contributed by atoms with Crippen molar-refractivity contribution in [1.82, 2.24) is 25.2 Å². The number of methoxy groups -OCH3 is 2. The van der Waals surface area contributed by atoms with E-state index in [2.05, 4.69) is 32.1 Å². The second kappa shape index (κ2) is 10.8. The average molecular weight is 485 g/mol. The largest absolute Gasteiger partial charge is 0.479 e. The Morgan fingerprint density at radius 1 is 1.23 bits per heavy atom. The van der Waals surface area contributed by atoms with Gasteiger partial charge >= 0.3 is 0 Å². The van der Waals surface area contributed by atoms with Gasteiger partial charge in [0.05, 0.1) is 19.9 Å². The summed E-state index contributed by atoms with van der Waals surface area (Å²) in [5.41, 5.74) is 1.86. The lowest BCUT2D eigenvalue weighted by molar-refractivity contribution is 0.213. The van der Waals surface area contributed by atoms with Gasteiger partial charge < -0.3 is 30.1 Å². The highest BCUT2D eigenvalue weighted by Gasteiger charge is 2.23. The molecule has 35 heavy (non-hydrogen) atoms. The van der Waals surface area contributed by atoms with Gasteiger partial charge in [-0.05, 0) is 43.3 Å². The number of hydrogen-bond acceptors (Lipinski definition) is 7. The summed E-state index contributed by atoms with van der Waals surface area (Å²) in [4.78, 5) is 13.5. The van der Waals surface area contributed by atoms with E-state index in [4.69, 9.17) is 14.9 Å². The minimum Gasteiger partial charge on any atom is -0.479 e. The van der Waals surface area contributed by atoms with E-state index in [9.17, 15) is 8.78 Å². The second-order valence-electron chi connectivity index (χ2n) is 8.47. The Bertz CT molecular complexity index is 1210. The van der Waals surface area contributed by atoms with Crippen LogP contribution in [0.15, 0.2) is 30.7 Å². The first-order valence-electron chi connectivity index (χ1n) is 11.6. The SMILES string of the molecule is CCN1CCC(N/C=C\C(=N)c2cnc3[nH]cc(Cc4c(F)c(OC)nc(OC)c4F)c3c2)CC1. The van der Waals surface area contributed by atoms with Crippen LogP contribution in [-0.4, -0.2) is 65.5 Å². The monoisotopic (exact) mass is 484 g/mol. The molecule has 0 aromatic carbocycles. The second-order valence-corrected chi connectivity index (χ2v) is 8.47. The fraction of sp³-hybridized carbons (Fsp3) is 0.400. The third-order valence-corrected chi connectivity index (χ3v) is 6.41. The minimum atomic E-state index is -0.879. The molecule has 0 aliphatic carbocycles. The van der Waals surface area contributed by atoms with Gasteiger partial charge in [-0.2, -0.15) is 4.98 Å². The van der Waals surface area contributed by atoms with Gasteiger partial charge in [-0.1, -0.05) is 6.92 Å². The number of halogens is 2. The number of aromatic nitrogens is 3. The Morgan fingerprint density at radius 3 is 2.54 bits per heavy atom. The smallest absolute Gasteiger partial charge is 0.253 e. The molecule has 0 spiro atoms. The summed E-state index contributed by atoms with van der Waals surface area (Å²) < 4.78 is 39.5. The van der Waals surface area contributed by atoms with Crippen LogP contribution in [0.3, 0.4) is 0 Å². The molecule has 1 aliphatic heterocycles. The summed E-state index contributed by atoms with van der Waals surface area (Å²) in [6.07, 6.45) is 8.86. The summed E-state index contributed by atoms with van der Waals surface area (Å²) in [5, 5.41) is 12.5. The molecular formula is C25H30F2N6O2. The maximum atomic E-state index is 14.8. The predicted octanol–water partition coefficient (Wildman–Crippen LogP) is 3.80. The first kappa shape index (κ1) is 24.6. The molecule has 1 saturated heterocycles. The standard InChI is InChI=1S/C25H30F2N6O2/c1-4-33-9-6-17(7-10-33)29-8-5-20(28)16-12-18-15(13-30-23(18)31-14-16)11-19-21(26)24(34-2)32-25(35-3)22(19)27/h5,8,12-14,17,28-29H,4,6-7,9-11H2,1-3H3,(H,30,31)/b8-5-,28-20?. The topological polar surface area (TPSA) is 99.2 Å². The zero-order valence-corrected chi connectivity index (χ0v) is 20.1. The van der Waals surface area contributed by atoms with Crippen LogP contribution in [0.25, 0.3) is 11.0 Å². The first-order valence-corrected chi connectivity index (χ1v) is 11.6. The van der Waals surface area contributed by atoms with Crippen molar-refractivity contribution in [3.63, 3.8) is 0 Å². The molecule has 4 rings (SSSR count). The van der Waals surface area contributed by atoms with Crippen LogP contribution in [0.5, 0.6) is 11.8 Å². The van der Waals surface area contributed by atoms with Gasteiger partial charge in [-0.25, -0.2) is 13.8 Å². The Morgan fingerprint density at radius 2 is 1.91 bits per heavy atom. The van der Waals surface area contributed by atoms with Gasteiger partial charge in [0.1, 0.15) is 5.65 Å². The van der Waals surface area contributed by atoms with Crippen molar-refractivity contribution in [2.24, 2.45) is 0 Å². The van der Waals surface area contributed by atoms with E-state index in [0.717, 1.165) is 32.5 Å². The summed E-state index contributed by atoms with van der Waals surface area (Å²) in [6.45, 7) is 5.40. The molecule has 8 nitrogen and oxygen atoms in total. The molecule has 3 aromatic rings. The molecule has 1 fully saturated rings. The van der Waals surface area contributed by atoms with Crippen molar-refractivity contribution in [2.75, 3.05) is 33.9 Å². The molecule has 0 unspecified atom stereocenters. The van der Waals surface area contributed by atoms with Crippen molar-refractivity contribution >= 4 is 16.7 Å². The Hall–Kier alpha value is -3.53. The molecule has 4 heterocycles. The molecule has 0 radical (unpaired) electrons. The summed E-state index contributed by atoms with van der Waals surface area (Å²) >= 11 is 0. The fourth-order valence-electron chi connectivity index (χ4n) is 4.29. The van der Waals surface area contributed by atoms with Gasteiger partial charge in [-0.15, -0.1) is 0 Å². The fourth-order valence-corrected chi connectivity index (χ4v) is 4.29. The third-order valence-electron chi connectivity index (χ3n) is 6.41. The average Bonchev–Trinajstić information content (AvgIpc) is 3.29. The van der Waals surface area contributed by atoms with E-state index in [1.165, 1.54) is 14.2 Å². The predicted molar refractivity (Wildman–Crippen MR) is 130 cm³/mol. The molecule has 0 bridgehead atoms. The van der Waals surface area contributed by atoms with E-state index in [1.54, 1.807) is 24.5 Å². The zero-order chi connectivity index (χ0) is 24.9. The van der Waals surface area contributed by atoms with Crippen LogP contribution in [0.4, 0.5) is 8.78 Å². The van der Waals surface area contributed by atoms with Crippen molar-refractivity contribution < 1.29 is 18.3 Å². The number of rotatable bonds is 9. The number of allylic oxidation sites excluding steroid dienone is 1. The van der Waals surface area contributed by atoms with Gasteiger partial charge in [0.25, 0.3) is 11.8 Å². The van der Waals surface area contributed by atoms with E-state index >= 15 is 0 Å². The lowest BCUT2D eigenvalue weighted by atomic mass is 10.0. The van der Waals surface area contributed by atoms with Crippen molar-refractivity contribution in [2.45, 2.75) is 32.2 Å². The molecule has 0 atom stereocenters. The van der Waals surface area contributed by atoms with Crippen molar-refractivity contribution in [3.8, 4) is 11.8 Å². The maximum absolute atomic E-state index is 14.8. The third kappa shape index (κ3) is 5.27. The minimum absolute atomic E-state index is 0.0702. The number of pyridine rings is 2. The summed E-state index contributed by atoms with van der Waals surface area (Å²) in [7, 11) is 2.52. The number of hydrogen-bond donors (Lipinski definition) is 3. The highest BCUT2D eigenvalue weighted by Crippen LogP contribution is 2.31. The number of nitrogens with zero attached hydrogens (tertiary/aromatic N) is 3. The van der Waals surface area contributed by atoms with E-state index < -0.39 is 11.6 Å². The number of nitrogens with one attached hydrogen (secondary N) is 3. The van der Waals surface area contributed by atoms with Crippen LogP contribution in [0.1, 0.15) is 36.5 Å². The molecule has 186 valence electrons. The Labute approximate surface area is 202 Å². The highest BCUT2D eigenvalue weighted by molar-refractivity contribution is 6.07. The van der Waals surface area contributed by atoms with Gasteiger partial charge in [0.2, 0.25) is 0 Å². The van der Waals surface area contributed by atoms with Gasteiger partial charge in [-0.3, -0.25) is 0 Å². The molecule has 0 amide bonds. The molecule has 3 aromatic heterocycles. The highest BCUT2D eigenvalue weighted by atomic mass is 19.1. The number of piperidine rings is 1. The zero-order valence-electron chi connectivity index (χ0n) is 20.1. The molecule has 3 N–H and O–H groups in total. The van der Waals surface area contributed by atoms with Crippen LogP contribution in [-0.2, 0) is 6.42 Å².